The zero-order chi connectivity index (χ0) is 10.8. The van der Waals surface area contributed by atoms with E-state index in [-0.39, 0.29) is 18.2 Å². The fraction of sp³-hybridized carbons (Fsp3) is 0.556. The summed E-state index contributed by atoms with van der Waals surface area (Å²) < 4.78 is 4.75. The highest BCUT2D eigenvalue weighted by Gasteiger charge is 2.18. The van der Waals surface area contributed by atoms with Crippen LogP contribution in [0.15, 0.2) is 10.7 Å². The summed E-state index contributed by atoms with van der Waals surface area (Å²) in [6.07, 6.45) is 1.47. The number of aromatic nitrogens is 1. The van der Waals surface area contributed by atoms with Crippen LogP contribution < -0.4 is 5.32 Å². The van der Waals surface area contributed by atoms with E-state index in [0.29, 0.717) is 5.56 Å². The van der Waals surface area contributed by atoms with E-state index < -0.39 is 5.60 Å². The van der Waals surface area contributed by atoms with E-state index in [4.69, 9.17) is 4.52 Å². The van der Waals surface area contributed by atoms with Gasteiger partial charge in [0.1, 0.15) is 0 Å². The number of nitrogens with zero attached hydrogens (tertiary/aromatic N) is 1. The molecule has 0 bridgehead atoms. The van der Waals surface area contributed by atoms with Gasteiger partial charge in [-0.05, 0) is 20.8 Å². The van der Waals surface area contributed by atoms with Gasteiger partial charge in [0.2, 0.25) is 5.76 Å². The molecule has 5 heteroatoms. The van der Waals surface area contributed by atoms with Crippen LogP contribution in [0, 0.1) is 6.92 Å². The second kappa shape index (κ2) is 3.79. The molecule has 0 aliphatic heterocycles. The first-order valence-electron chi connectivity index (χ1n) is 4.32. The Hall–Kier alpha value is -1.36. The molecule has 5 nitrogen and oxygen atoms in total. The number of aliphatic hydroxyl groups is 1. The molecule has 0 aliphatic carbocycles. The molecule has 0 unspecified atom stereocenters. The lowest BCUT2D eigenvalue weighted by molar-refractivity contribution is 0.0676. The van der Waals surface area contributed by atoms with Gasteiger partial charge >= 0.3 is 0 Å². The van der Waals surface area contributed by atoms with Gasteiger partial charge in [0.05, 0.1) is 11.8 Å². The van der Waals surface area contributed by atoms with Crippen molar-refractivity contribution in [2.24, 2.45) is 0 Å². The van der Waals surface area contributed by atoms with Crippen LogP contribution in [-0.4, -0.2) is 28.3 Å². The SMILES string of the molecule is Cc1cnoc1C(=O)NCC(C)(C)O. The van der Waals surface area contributed by atoms with Gasteiger partial charge in [0, 0.05) is 12.1 Å². The third kappa shape index (κ3) is 2.85. The first-order valence-corrected chi connectivity index (χ1v) is 4.32. The Morgan fingerprint density at radius 3 is 2.79 bits per heavy atom. The van der Waals surface area contributed by atoms with Crippen LogP contribution in [0.25, 0.3) is 0 Å². The van der Waals surface area contributed by atoms with Gasteiger partial charge < -0.3 is 14.9 Å². The molecule has 0 aromatic carbocycles. The van der Waals surface area contributed by atoms with E-state index in [1.807, 2.05) is 0 Å². The summed E-state index contributed by atoms with van der Waals surface area (Å²) in [7, 11) is 0. The summed E-state index contributed by atoms with van der Waals surface area (Å²) in [6.45, 7) is 5.13. The van der Waals surface area contributed by atoms with Crippen molar-refractivity contribution in [3.63, 3.8) is 0 Å². The Kier molecular flexibility index (Phi) is 2.90. The van der Waals surface area contributed by atoms with Crippen LogP contribution in [0.3, 0.4) is 0 Å². The van der Waals surface area contributed by atoms with Gasteiger partial charge in [-0.25, -0.2) is 0 Å². The third-order valence-corrected chi connectivity index (χ3v) is 1.64. The van der Waals surface area contributed by atoms with E-state index in [0.717, 1.165) is 0 Å². The predicted molar refractivity (Wildman–Crippen MR) is 49.9 cm³/mol. The molecule has 1 aromatic heterocycles. The topological polar surface area (TPSA) is 75.4 Å². The largest absolute Gasteiger partial charge is 0.389 e. The Balaban J connectivity index is 2.56. The minimum atomic E-state index is -0.927. The number of amides is 1. The molecule has 1 rings (SSSR count). The first-order chi connectivity index (χ1) is 6.40. The summed E-state index contributed by atoms with van der Waals surface area (Å²) in [6, 6.07) is 0. The van der Waals surface area contributed by atoms with Crippen LogP contribution in [0.2, 0.25) is 0 Å². The molecule has 0 radical (unpaired) electrons. The van der Waals surface area contributed by atoms with Crippen LogP contribution in [-0.2, 0) is 0 Å². The van der Waals surface area contributed by atoms with E-state index in [9.17, 15) is 9.90 Å². The molecule has 2 N–H and O–H groups in total. The summed E-state index contributed by atoms with van der Waals surface area (Å²) >= 11 is 0. The number of aryl methyl sites for hydroxylation is 1. The van der Waals surface area contributed by atoms with Crippen LogP contribution in [0.1, 0.15) is 30.0 Å². The molecule has 0 spiro atoms. The fourth-order valence-corrected chi connectivity index (χ4v) is 0.886. The molecule has 1 amide bonds. The number of hydrogen-bond donors (Lipinski definition) is 2. The van der Waals surface area contributed by atoms with Crippen LogP contribution in [0.5, 0.6) is 0 Å². The maximum absolute atomic E-state index is 11.4. The van der Waals surface area contributed by atoms with Crippen molar-refractivity contribution in [2.45, 2.75) is 26.4 Å². The molecule has 0 saturated heterocycles. The summed E-state index contributed by atoms with van der Waals surface area (Å²) in [4.78, 5) is 11.4. The summed E-state index contributed by atoms with van der Waals surface area (Å²) in [5, 5.41) is 15.4. The highest BCUT2D eigenvalue weighted by Crippen LogP contribution is 2.06. The lowest BCUT2D eigenvalue weighted by Crippen LogP contribution is -2.38. The average molecular weight is 198 g/mol. The Labute approximate surface area is 82.1 Å². The number of carbonyl (C=O) groups is 1. The van der Waals surface area contributed by atoms with Gasteiger partial charge in [-0.2, -0.15) is 0 Å². The van der Waals surface area contributed by atoms with E-state index >= 15 is 0 Å². The van der Waals surface area contributed by atoms with E-state index in [1.54, 1.807) is 20.8 Å². The van der Waals surface area contributed by atoms with Gasteiger partial charge in [0.15, 0.2) is 0 Å². The van der Waals surface area contributed by atoms with Gasteiger partial charge in [-0.1, -0.05) is 5.16 Å². The molecular weight excluding hydrogens is 184 g/mol. The van der Waals surface area contributed by atoms with E-state index in [2.05, 4.69) is 10.5 Å². The lowest BCUT2D eigenvalue weighted by Gasteiger charge is -2.16. The van der Waals surface area contributed by atoms with Gasteiger partial charge in [-0.3, -0.25) is 4.79 Å². The van der Waals surface area contributed by atoms with Crippen molar-refractivity contribution in [1.29, 1.82) is 0 Å². The molecule has 0 saturated carbocycles. The van der Waals surface area contributed by atoms with Crippen molar-refractivity contribution >= 4 is 5.91 Å². The number of carbonyl (C=O) groups excluding carboxylic acids is 1. The Morgan fingerprint density at radius 1 is 1.71 bits per heavy atom. The average Bonchev–Trinajstić information content (AvgIpc) is 2.46. The molecule has 1 aromatic rings. The number of nitrogens with one attached hydrogen (secondary N) is 1. The Bertz CT molecular complexity index is 325. The Morgan fingerprint density at radius 2 is 2.36 bits per heavy atom. The highest BCUT2D eigenvalue weighted by atomic mass is 16.5. The van der Waals surface area contributed by atoms with Gasteiger partial charge in [0.25, 0.3) is 5.91 Å². The van der Waals surface area contributed by atoms with Crippen LogP contribution in [0.4, 0.5) is 0 Å². The van der Waals surface area contributed by atoms with Crippen molar-refractivity contribution in [2.75, 3.05) is 6.54 Å². The second-order valence-corrected chi connectivity index (χ2v) is 3.83. The molecule has 14 heavy (non-hydrogen) atoms. The lowest BCUT2D eigenvalue weighted by atomic mass is 10.1. The fourth-order valence-electron chi connectivity index (χ4n) is 0.886. The molecule has 78 valence electrons. The van der Waals surface area contributed by atoms with Crippen molar-refractivity contribution in [3.05, 3.63) is 17.5 Å². The molecular formula is C9H14N2O3. The minimum absolute atomic E-state index is 0.173. The molecule has 0 atom stereocenters. The second-order valence-electron chi connectivity index (χ2n) is 3.83. The maximum Gasteiger partial charge on any atom is 0.290 e. The molecule has 0 fully saturated rings. The monoisotopic (exact) mass is 198 g/mol. The van der Waals surface area contributed by atoms with Crippen molar-refractivity contribution in [1.82, 2.24) is 10.5 Å². The molecule has 1 heterocycles. The van der Waals surface area contributed by atoms with E-state index in [1.165, 1.54) is 6.20 Å². The zero-order valence-corrected chi connectivity index (χ0v) is 8.50. The highest BCUT2D eigenvalue weighted by molar-refractivity contribution is 5.92. The smallest absolute Gasteiger partial charge is 0.290 e. The maximum atomic E-state index is 11.4. The normalized spacial score (nSPS) is 11.4. The van der Waals surface area contributed by atoms with Gasteiger partial charge in [-0.15, -0.1) is 0 Å². The minimum Gasteiger partial charge on any atom is -0.389 e. The van der Waals surface area contributed by atoms with Crippen molar-refractivity contribution < 1.29 is 14.4 Å². The van der Waals surface area contributed by atoms with Crippen LogP contribution >= 0.6 is 0 Å². The van der Waals surface area contributed by atoms with Crippen molar-refractivity contribution in [3.8, 4) is 0 Å². The molecule has 0 aliphatic rings. The number of hydrogen-bond acceptors (Lipinski definition) is 4. The first kappa shape index (κ1) is 10.7. The quantitative estimate of drug-likeness (QED) is 0.740. The number of rotatable bonds is 3. The third-order valence-electron chi connectivity index (χ3n) is 1.64. The summed E-state index contributed by atoms with van der Waals surface area (Å²) in [5.41, 5.74) is -0.248. The predicted octanol–water partition coefficient (Wildman–Crippen LogP) is 0.484. The summed E-state index contributed by atoms with van der Waals surface area (Å²) in [5.74, 6) is -0.170. The zero-order valence-electron chi connectivity index (χ0n) is 8.50. The standard InChI is InChI=1S/C9H14N2O3/c1-6-4-11-14-7(6)8(12)10-5-9(2,3)13/h4,13H,5H2,1-3H3,(H,10,12).